The van der Waals surface area contributed by atoms with Crippen molar-refractivity contribution in [3.63, 3.8) is 0 Å². The second kappa shape index (κ2) is 11.7. The lowest BCUT2D eigenvalue weighted by atomic mass is 9.96. The number of benzene rings is 2. The zero-order chi connectivity index (χ0) is 29.2. The minimum atomic E-state index is -0.540. The van der Waals surface area contributed by atoms with Gasteiger partial charge in [0.1, 0.15) is 6.33 Å². The number of nitrogens with one attached hydrogen (secondary N) is 1. The van der Waals surface area contributed by atoms with Crippen molar-refractivity contribution >= 4 is 40.0 Å². The molecule has 3 heterocycles. The number of nitrogens with zero attached hydrogens (tertiary/aromatic N) is 6. The first-order valence-corrected chi connectivity index (χ1v) is 14.4. The van der Waals surface area contributed by atoms with Crippen molar-refractivity contribution < 1.29 is 9.63 Å². The van der Waals surface area contributed by atoms with Gasteiger partial charge in [0.25, 0.3) is 0 Å². The molecular weight excluding hydrogens is 550 g/mol. The molecule has 1 aliphatic carbocycles. The summed E-state index contributed by atoms with van der Waals surface area (Å²) in [6.45, 7) is 3.85. The summed E-state index contributed by atoms with van der Waals surface area (Å²) in [6.07, 6.45) is 11.9. The van der Waals surface area contributed by atoms with Crippen LogP contribution in [0.15, 0.2) is 67.4 Å². The minimum absolute atomic E-state index is 0.0435. The standard InChI is InChI=1S/C32H30ClN7O2/c1-20-7-5-10-25(29(20)38-27-12-6-11-26(33)21(27)2)32(41)42-40-16-14-24-30(35-19-36-31(24)40)23-17-37-39(18-23)28(13-15-34)22-8-3-4-9-22/h5-7,10-12,14,16-19,22,28,38H,3-4,8-9,13H2,1-2H3. The predicted molar refractivity (Wildman–Crippen MR) is 162 cm³/mol. The molecule has 42 heavy (non-hydrogen) atoms. The molecule has 9 nitrogen and oxygen atoms in total. The lowest BCUT2D eigenvalue weighted by Crippen LogP contribution is -2.20. The van der Waals surface area contributed by atoms with Gasteiger partial charge in [-0.1, -0.05) is 42.6 Å². The fourth-order valence-corrected chi connectivity index (χ4v) is 5.98. The summed E-state index contributed by atoms with van der Waals surface area (Å²) >= 11 is 6.32. The molecule has 5 aromatic rings. The van der Waals surface area contributed by atoms with E-state index in [1.165, 1.54) is 23.9 Å². The largest absolute Gasteiger partial charge is 0.365 e. The van der Waals surface area contributed by atoms with E-state index in [0.29, 0.717) is 40.0 Å². The Hall–Kier alpha value is -4.68. The molecule has 6 rings (SSSR count). The summed E-state index contributed by atoms with van der Waals surface area (Å²) in [6, 6.07) is 15.3. The van der Waals surface area contributed by atoms with Gasteiger partial charge < -0.3 is 10.2 Å². The SMILES string of the molecule is Cc1cccc(C(=O)On2ccc3c(-c4cnn(C(CC#N)C5CCCC5)c4)ncnc32)c1Nc1cccc(Cl)c1C. The van der Waals surface area contributed by atoms with Crippen LogP contribution in [0.4, 0.5) is 11.4 Å². The molecule has 212 valence electrons. The molecule has 0 amide bonds. The average molecular weight is 580 g/mol. The molecule has 1 N–H and O–H groups in total. The monoisotopic (exact) mass is 579 g/mol. The first-order valence-electron chi connectivity index (χ1n) is 14.0. The Morgan fingerprint density at radius 1 is 1.17 bits per heavy atom. The fourth-order valence-electron chi connectivity index (χ4n) is 5.81. The third-order valence-electron chi connectivity index (χ3n) is 8.11. The molecule has 2 aromatic carbocycles. The highest BCUT2D eigenvalue weighted by atomic mass is 35.5. The fraction of sp³-hybridized carbons (Fsp3) is 0.281. The Kier molecular flexibility index (Phi) is 7.64. The molecule has 0 spiro atoms. The smallest absolute Gasteiger partial charge is 0.354 e. The zero-order valence-corrected chi connectivity index (χ0v) is 24.2. The van der Waals surface area contributed by atoms with Crippen LogP contribution in [0.2, 0.25) is 5.02 Å². The van der Waals surface area contributed by atoms with Crippen LogP contribution < -0.4 is 10.2 Å². The van der Waals surface area contributed by atoms with Gasteiger partial charge in [0.15, 0.2) is 5.65 Å². The summed E-state index contributed by atoms with van der Waals surface area (Å²) in [5.41, 5.74) is 5.54. The van der Waals surface area contributed by atoms with Crippen molar-refractivity contribution in [3.8, 4) is 17.3 Å². The van der Waals surface area contributed by atoms with Crippen LogP contribution in [0.3, 0.4) is 0 Å². The zero-order valence-electron chi connectivity index (χ0n) is 23.4. The summed E-state index contributed by atoms with van der Waals surface area (Å²) < 4.78 is 3.27. The van der Waals surface area contributed by atoms with Crippen molar-refractivity contribution in [2.24, 2.45) is 5.92 Å². The van der Waals surface area contributed by atoms with E-state index >= 15 is 0 Å². The molecule has 0 saturated heterocycles. The highest BCUT2D eigenvalue weighted by Crippen LogP contribution is 2.37. The lowest BCUT2D eigenvalue weighted by Gasteiger charge is -2.21. The Balaban J connectivity index is 1.28. The number of rotatable bonds is 8. The van der Waals surface area contributed by atoms with Crippen molar-refractivity contribution in [3.05, 3.63) is 89.1 Å². The van der Waals surface area contributed by atoms with E-state index in [-0.39, 0.29) is 6.04 Å². The molecule has 1 aliphatic rings. The number of fused-ring (bicyclic) bond motifs is 1. The lowest BCUT2D eigenvalue weighted by molar-refractivity contribution is 0.0481. The van der Waals surface area contributed by atoms with Gasteiger partial charge in [-0.3, -0.25) is 4.68 Å². The van der Waals surface area contributed by atoms with Gasteiger partial charge in [0.2, 0.25) is 0 Å². The molecule has 10 heteroatoms. The van der Waals surface area contributed by atoms with Crippen LogP contribution in [-0.4, -0.2) is 30.4 Å². The van der Waals surface area contributed by atoms with Crippen molar-refractivity contribution in [1.82, 2.24) is 24.5 Å². The Morgan fingerprint density at radius 3 is 2.79 bits per heavy atom. The summed E-state index contributed by atoms with van der Waals surface area (Å²) in [7, 11) is 0. The first kappa shape index (κ1) is 27.5. The van der Waals surface area contributed by atoms with Gasteiger partial charge >= 0.3 is 5.97 Å². The van der Waals surface area contributed by atoms with Crippen LogP contribution in [0, 0.1) is 31.1 Å². The van der Waals surface area contributed by atoms with Gasteiger partial charge in [0.05, 0.1) is 41.7 Å². The number of carbonyl (C=O) groups is 1. The molecule has 3 aromatic heterocycles. The Bertz CT molecular complexity index is 1810. The maximum Gasteiger partial charge on any atom is 0.365 e. The van der Waals surface area contributed by atoms with E-state index in [2.05, 4.69) is 26.5 Å². The molecule has 1 unspecified atom stereocenters. The van der Waals surface area contributed by atoms with Gasteiger partial charge in [-0.25, -0.2) is 14.8 Å². The number of aryl methyl sites for hydroxylation is 1. The first-order chi connectivity index (χ1) is 20.4. The topological polar surface area (TPSA) is 111 Å². The predicted octanol–water partition coefficient (Wildman–Crippen LogP) is 7.22. The number of hydrogen-bond donors (Lipinski definition) is 1. The molecule has 0 aliphatic heterocycles. The van der Waals surface area contributed by atoms with Gasteiger partial charge in [-0.2, -0.15) is 15.1 Å². The van der Waals surface area contributed by atoms with E-state index in [1.807, 2.05) is 61.1 Å². The Labute approximate surface area is 248 Å². The minimum Gasteiger partial charge on any atom is -0.354 e. The van der Waals surface area contributed by atoms with Crippen LogP contribution in [0.1, 0.15) is 59.6 Å². The third kappa shape index (κ3) is 5.21. The van der Waals surface area contributed by atoms with Gasteiger partial charge in [-0.15, -0.1) is 0 Å². The average Bonchev–Trinajstić information content (AvgIpc) is 3.77. The Morgan fingerprint density at radius 2 is 1.98 bits per heavy atom. The number of halogens is 1. The van der Waals surface area contributed by atoms with Crippen LogP contribution >= 0.6 is 11.6 Å². The summed E-state index contributed by atoms with van der Waals surface area (Å²) in [4.78, 5) is 28.3. The number of para-hydroxylation sites is 1. The van der Waals surface area contributed by atoms with E-state index < -0.39 is 5.97 Å². The van der Waals surface area contributed by atoms with E-state index in [4.69, 9.17) is 16.4 Å². The normalized spacial score (nSPS) is 14.1. The molecule has 1 fully saturated rings. The number of aromatic nitrogens is 5. The van der Waals surface area contributed by atoms with Gasteiger partial charge in [0, 0.05) is 34.1 Å². The summed E-state index contributed by atoms with van der Waals surface area (Å²) in [5.74, 6) is -0.0885. The van der Waals surface area contributed by atoms with Crippen LogP contribution in [-0.2, 0) is 0 Å². The molecule has 1 atom stereocenters. The van der Waals surface area contributed by atoms with Crippen molar-refractivity contribution in [2.45, 2.75) is 52.0 Å². The second-order valence-electron chi connectivity index (χ2n) is 10.7. The van der Waals surface area contributed by atoms with E-state index in [1.54, 1.807) is 18.5 Å². The summed E-state index contributed by atoms with van der Waals surface area (Å²) in [5, 5.41) is 18.8. The number of nitriles is 1. The maximum atomic E-state index is 13.5. The number of hydrogen-bond acceptors (Lipinski definition) is 7. The third-order valence-corrected chi connectivity index (χ3v) is 8.52. The van der Waals surface area contributed by atoms with E-state index in [9.17, 15) is 10.1 Å². The molecule has 1 saturated carbocycles. The highest BCUT2D eigenvalue weighted by molar-refractivity contribution is 6.31. The number of anilines is 2. The van der Waals surface area contributed by atoms with Crippen LogP contribution in [0.25, 0.3) is 22.3 Å². The van der Waals surface area contributed by atoms with Crippen molar-refractivity contribution in [1.29, 1.82) is 5.26 Å². The van der Waals surface area contributed by atoms with Crippen LogP contribution in [0.5, 0.6) is 0 Å². The van der Waals surface area contributed by atoms with E-state index in [0.717, 1.165) is 40.6 Å². The molecule has 0 radical (unpaired) electrons. The second-order valence-corrected chi connectivity index (χ2v) is 11.1. The van der Waals surface area contributed by atoms with Gasteiger partial charge in [-0.05, 0) is 68.0 Å². The molecular formula is C32H30ClN7O2. The number of carbonyl (C=O) groups excluding carboxylic acids is 1. The quantitative estimate of drug-likeness (QED) is 0.206. The highest BCUT2D eigenvalue weighted by Gasteiger charge is 2.27. The maximum absolute atomic E-state index is 13.5. The van der Waals surface area contributed by atoms with Crippen molar-refractivity contribution in [2.75, 3.05) is 5.32 Å². The molecule has 0 bridgehead atoms.